The minimum absolute atomic E-state index is 0.0946. The Morgan fingerprint density at radius 3 is 2.51 bits per heavy atom. The first kappa shape index (κ1) is 28.1. The maximum absolute atomic E-state index is 14.3. The number of ether oxygens (including phenoxy) is 2. The van der Waals surface area contributed by atoms with Gasteiger partial charge in [0.15, 0.2) is 5.65 Å². The fourth-order valence-corrected chi connectivity index (χ4v) is 5.50. The molecule has 1 aromatic carbocycles. The van der Waals surface area contributed by atoms with Gasteiger partial charge in [0.25, 0.3) is 5.91 Å². The second kappa shape index (κ2) is 11.3. The summed E-state index contributed by atoms with van der Waals surface area (Å²) < 4.78 is 41.4. The fraction of sp³-hybridized carbons (Fsp3) is 0.300. The van der Waals surface area contributed by atoms with Gasteiger partial charge in [-0.25, -0.2) is 23.1 Å². The number of esters is 1. The average Bonchev–Trinajstić information content (AvgIpc) is 3.59. The molecule has 13 heteroatoms. The minimum atomic E-state index is -1.44. The molecule has 0 atom stereocenters. The number of pyridine rings is 2. The second-order valence-corrected chi connectivity index (χ2v) is 10.2. The molecule has 5 heterocycles. The molecule has 43 heavy (non-hydrogen) atoms. The number of anilines is 1. The highest BCUT2D eigenvalue weighted by Crippen LogP contribution is 2.34. The van der Waals surface area contributed by atoms with Gasteiger partial charge in [0.05, 0.1) is 36.5 Å². The molecule has 4 aromatic heterocycles. The Hall–Kier alpha value is -5.07. The molecule has 1 aliphatic heterocycles. The Kier molecular flexibility index (Phi) is 7.38. The third-order valence-electron chi connectivity index (χ3n) is 7.62. The Morgan fingerprint density at radius 1 is 1.07 bits per heavy atom. The van der Waals surface area contributed by atoms with Gasteiger partial charge in [-0.3, -0.25) is 9.89 Å². The van der Waals surface area contributed by atoms with Crippen molar-refractivity contribution in [2.24, 2.45) is 0 Å². The van der Waals surface area contributed by atoms with Crippen molar-refractivity contribution in [1.82, 2.24) is 30.1 Å². The Balaban J connectivity index is 1.24. The molecule has 1 amide bonds. The number of fused-ring (bicyclic) bond motifs is 3. The van der Waals surface area contributed by atoms with Crippen LogP contribution in [0.15, 0.2) is 55.0 Å². The molecule has 0 saturated carbocycles. The van der Waals surface area contributed by atoms with Crippen LogP contribution in [0.25, 0.3) is 27.7 Å². The van der Waals surface area contributed by atoms with Crippen molar-refractivity contribution in [3.05, 3.63) is 72.2 Å². The second-order valence-electron chi connectivity index (χ2n) is 10.2. The topological polar surface area (TPSA) is 127 Å². The number of carbonyl (C=O) groups excluding carboxylic acids is 2. The Bertz CT molecular complexity index is 1790. The number of nitrogens with one attached hydrogen (secondary N) is 2. The normalized spacial score (nSPS) is 14.7. The van der Waals surface area contributed by atoms with Gasteiger partial charge in [-0.15, -0.1) is 5.10 Å². The molecule has 11 nitrogen and oxygen atoms in total. The monoisotopic (exact) mass is 589 g/mol. The standard InChI is InChI=1S/C30H29F2N7O4/c1-3-42-19-14-20(26-21-16-34-36-27(21)37-39(26)17-19)18-8-9-24(33-15-18)38-12-10-30(11-13-38,29(41)43-4-2)35-28(40)25-22(31)6-5-7-23(25)32/h5-9,14-17H,3-4,10-13H2,1-2H3,(H,35,40)(H,36,37). The van der Waals surface area contributed by atoms with E-state index in [0.29, 0.717) is 36.9 Å². The number of hydrogen-bond donors (Lipinski definition) is 2. The highest BCUT2D eigenvalue weighted by molar-refractivity contribution is 6.01. The maximum atomic E-state index is 14.3. The molecule has 6 rings (SSSR count). The molecule has 0 spiro atoms. The first-order chi connectivity index (χ1) is 20.8. The molecule has 5 aromatic rings. The van der Waals surface area contributed by atoms with Crippen LogP contribution in [0.3, 0.4) is 0 Å². The molecular weight excluding hydrogens is 560 g/mol. The number of hydrogen-bond acceptors (Lipinski definition) is 8. The van der Waals surface area contributed by atoms with Crippen LogP contribution in [-0.4, -0.2) is 68.5 Å². The van der Waals surface area contributed by atoms with E-state index in [1.165, 1.54) is 6.07 Å². The highest BCUT2D eigenvalue weighted by atomic mass is 19.1. The number of aromatic nitrogens is 5. The fourth-order valence-electron chi connectivity index (χ4n) is 5.50. The van der Waals surface area contributed by atoms with Gasteiger partial charge in [0, 0.05) is 30.4 Å². The van der Waals surface area contributed by atoms with Gasteiger partial charge < -0.3 is 19.7 Å². The lowest BCUT2D eigenvalue weighted by Gasteiger charge is -2.40. The molecule has 1 saturated heterocycles. The maximum Gasteiger partial charge on any atom is 0.331 e. The van der Waals surface area contributed by atoms with Crippen LogP contribution in [0.1, 0.15) is 37.0 Å². The van der Waals surface area contributed by atoms with Crippen LogP contribution in [0.2, 0.25) is 0 Å². The molecule has 222 valence electrons. The predicted octanol–water partition coefficient (Wildman–Crippen LogP) is 4.28. The molecule has 0 aliphatic carbocycles. The summed E-state index contributed by atoms with van der Waals surface area (Å²) in [5.41, 5.74) is 1.05. The first-order valence-corrected chi connectivity index (χ1v) is 14.0. The number of aromatic amines is 1. The van der Waals surface area contributed by atoms with Crippen molar-refractivity contribution < 1.29 is 27.8 Å². The molecule has 0 unspecified atom stereocenters. The highest BCUT2D eigenvalue weighted by Gasteiger charge is 2.45. The van der Waals surface area contributed by atoms with Crippen molar-refractivity contribution in [3.8, 4) is 16.9 Å². The molecule has 1 fully saturated rings. The lowest BCUT2D eigenvalue weighted by atomic mass is 9.86. The van der Waals surface area contributed by atoms with Crippen LogP contribution in [0.5, 0.6) is 5.75 Å². The number of halogens is 2. The zero-order chi connectivity index (χ0) is 30.1. The summed E-state index contributed by atoms with van der Waals surface area (Å²) in [4.78, 5) is 32.7. The SMILES string of the molecule is CCOC(=O)C1(NC(=O)c2c(F)cccc2F)CCN(c2ccc(-c3cc(OCC)cn4nc5[nH]ncc5c34)cn2)CC1. The van der Waals surface area contributed by atoms with Crippen LogP contribution in [0, 0.1) is 11.6 Å². The molecule has 2 N–H and O–H groups in total. The Labute approximate surface area is 244 Å². The quantitative estimate of drug-likeness (QED) is 0.257. The summed E-state index contributed by atoms with van der Waals surface area (Å²) in [5, 5.41) is 15.0. The van der Waals surface area contributed by atoms with E-state index in [-0.39, 0.29) is 19.4 Å². The summed E-state index contributed by atoms with van der Waals surface area (Å²) in [6, 6.07) is 8.94. The van der Waals surface area contributed by atoms with E-state index in [0.717, 1.165) is 34.2 Å². The van der Waals surface area contributed by atoms with Crippen molar-refractivity contribution in [1.29, 1.82) is 0 Å². The molecule has 0 bridgehead atoms. The van der Waals surface area contributed by atoms with E-state index in [1.54, 1.807) is 23.8 Å². The molecule has 1 aliphatic rings. The van der Waals surface area contributed by atoms with Gasteiger partial charge in [-0.1, -0.05) is 6.07 Å². The Morgan fingerprint density at radius 2 is 1.84 bits per heavy atom. The first-order valence-electron chi connectivity index (χ1n) is 14.0. The number of H-pyrrole nitrogens is 1. The lowest BCUT2D eigenvalue weighted by Crippen LogP contribution is -2.61. The van der Waals surface area contributed by atoms with Crippen molar-refractivity contribution in [2.75, 3.05) is 31.2 Å². The third kappa shape index (κ3) is 5.11. The van der Waals surface area contributed by atoms with E-state index in [9.17, 15) is 18.4 Å². The van der Waals surface area contributed by atoms with E-state index in [4.69, 9.17) is 14.5 Å². The van der Waals surface area contributed by atoms with E-state index in [2.05, 4.69) is 20.6 Å². The van der Waals surface area contributed by atoms with Gasteiger partial charge in [-0.05, 0) is 57.0 Å². The zero-order valence-electron chi connectivity index (χ0n) is 23.6. The van der Waals surface area contributed by atoms with Gasteiger partial charge in [0.1, 0.15) is 34.3 Å². The summed E-state index contributed by atoms with van der Waals surface area (Å²) in [6.45, 7) is 4.85. The minimum Gasteiger partial charge on any atom is -0.492 e. The molecular formula is C30H29F2N7O4. The summed E-state index contributed by atoms with van der Waals surface area (Å²) in [5.74, 6) is -2.33. The summed E-state index contributed by atoms with van der Waals surface area (Å²) >= 11 is 0. The summed E-state index contributed by atoms with van der Waals surface area (Å²) in [6.07, 6.45) is 5.62. The number of nitrogens with zero attached hydrogens (tertiary/aromatic N) is 5. The van der Waals surface area contributed by atoms with Gasteiger partial charge in [0.2, 0.25) is 0 Å². The van der Waals surface area contributed by atoms with Crippen LogP contribution in [0.4, 0.5) is 14.6 Å². The van der Waals surface area contributed by atoms with Gasteiger partial charge >= 0.3 is 5.97 Å². The van der Waals surface area contributed by atoms with E-state index >= 15 is 0 Å². The number of rotatable bonds is 8. The largest absolute Gasteiger partial charge is 0.492 e. The van der Waals surface area contributed by atoms with Crippen LogP contribution < -0.4 is 15.0 Å². The number of benzene rings is 1. The number of amides is 1. The van der Waals surface area contributed by atoms with Gasteiger partial charge in [-0.2, -0.15) is 5.10 Å². The van der Waals surface area contributed by atoms with E-state index < -0.39 is 34.6 Å². The zero-order valence-corrected chi connectivity index (χ0v) is 23.6. The van der Waals surface area contributed by atoms with Crippen LogP contribution >= 0.6 is 0 Å². The van der Waals surface area contributed by atoms with Crippen molar-refractivity contribution in [2.45, 2.75) is 32.2 Å². The predicted molar refractivity (Wildman–Crippen MR) is 154 cm³/mol. The smallest absolute Gasteiger partial charge is 0.331 e. The van der Waals surface area contributed by atoms with E-state index in [1.807, 2.05) is 36.2 Å². The van der Waals surface area contributed by atoms with Crippen LogP contribution in [-0.2, 0) is 9.53 Å². The molecule has 0 radical (unpaired) electrons. The van der Waals surface area contributed by atoms with Crippen molar-refractivity contribution in [3.63, 3.8) is 0 Å². The lowest BCUT2D eigenvalue weighted by molar-refractivity contribution is -0.151. The third-order valence-corrected chi connectivity index (χ3v) is 7.62. The number of carbonyl (C=O) groups is 2. The summed E-state index contributed by atoms with van der Waals surface area (Å²) in [7, 11) is 0. The average molecular weight is 590 g/mol. The number of piperidine rings is 1. The van der Waals surface area contributed by atoms with Crippen molar-refractivity contribution >= 4 is 34.2 Å².